The van der Waals surface area contributed by atoms with Crippen LogP contribution in [0.2, 0.25) is 0 Å². The van der Waals surface area contributed by atoms with Crippen LogP contribution in [-0.4, -0.2) is 26.9 Å². The van der Waals surface area contributed by atoms with E-state index in [2.05, 4.69) is 5.32 Å². The molecule has 1 amide bonds. The molecule has 3 rings (SSSR count). The maximum absolute atomic E-state index is 12.4. The molecular weight excluding hydrogens is 286 g/mol. The number of rotatable bonds is 4. The lowest BCUT2D eigenvalue weighted by atomic mass is 10.1. The van der Waals surface area contributed by atoms with Crippen LogP contribution in [-0.2, 0) is 0 Å². The van der Waals surface area contributed by atoms with E-state index in [1.807, 2.05) is 0 Å². The third-order valence-electron chi connectivity index (χ3n) is 3.28. The molecule has 0 saturated carbocycles. The van der Waals surface area contributed by atoms with E-state index in [-0.39, 0.29) is 12.7 Å². The highest BCUT2D eigenvalue weighted by molar-refractivity contribution is 6.06. The molecule has 0 unspecified atom stereocenters. The molecular formula is C16H15NO5. The van der Waals surface area contributed by atoms with E-state index in [1.165, 1.54) is 7.11 Å². The quantitative estimate of drug-likeness (QED) is 0.940. The van der Waals surface area contributed by atoms with Crippen LogP contribution in [0.15, 0.2) is 36.4 Å². The van der Waals surface area contributed by atoms with Gasteiger partial charge >= 0.3 is 0 Å². The SMILES string of the molecule is COc1ccc(C(=O)Nc2ccc3c(c2)OCO3)c(OC)c1. The van der Waals surface area contributed by atoms with Crippen molar-refractivity contribution in [2.45, 2.75) is 0 Å². The van der Waals surface area contributed by atoms with Crippen LogP contribution in [0.4, 0.5) is 5.69 Å². The molecule has 22 heavy (non-hydrogen) atoms. The fourth-order valence-corrected chi connectivity index (χ4v) is 2.16. The van der Waals surface area contributed by atoms with Crippen molar-refractivity contribution in [3.05, 3.63) is 42.0 Å². The van der Waals surface area contributed by atoms with Crippen molar-refractivity contribution in [1.29, 1.82) is 0 Å². The third-order valence-corrected chi connectivity index (χ3v) is 3.28. The Hall–Kier alpha value is -2.89. The Morgan fingerprint density at radius 3 is 2.64 bits per heavy atom. The number of methoxy groups -OCH3 is 2. The number of ether oxygens (including phenoxy) is 4. The molecule has 2 aromatic rings. The van der Waals surface area contributed by atoms with Crippen LogP contribution in [0.3, 0.4) is 0 Å². The summed E-state index contributed by atoms with van der Waals surface area (Å²) in [5.74, 6) is 2.06. The summed E-state index contributed by atoms with van der Waals surface area (Å²) in [6, 6.07) is 10.2. The number of hydrogen-bond donors (Lipinski definition) is 1. The smallest absolute Gasteiger partial charge is 0.259 e. The fraction of sp³-hybridized carbons (Fsp3) is 0.188. The van der Waals surface area contributed by atoms with Gasteiger partial charge in [-0.15, -0.1) is 0 Å². The monoisotopic (exact) mass is 301 g/mol. The van der Waals surface area contributed by atoms with Crippen molar-refractivity contribution in [3.8, 4) is 23.0 Å². The summed E-state index contributed by atoms with van der Waals surface area (Å²) in [5.41, 5.74) is 1.04. The molecule has 0 saturated heterocycles. The average molecular weight is 301 g/mol. The number of carbonyl (C=O) groups excluding carboxylic acids is 1. The molecule has 2 aromatic carbocycles. The molecule has 0 aliphatic carbocycles. The van der Waals surface area contributed by atoms with Gasteiger partial charge in [0.15, 0.2) is 11.5 Å². The van der Waals surface area contributed by atoms with Gasteiger partial charge in [0.25, 0.3) is 5.91 Å². The number of anilines is 1. The Morgan fingerprint density at radius 1 is 1.05 bits per heavy atom. The lowest BCUT2D eigenvalue weighted by Crippen LogP contribution is -2.13. The molecule has 0 fully saturated rings. The van der Waals surface area contributed by atoms with Gasteiger partial charge in [-0.2, -0.15) is 0 Å². The molecule has 0 aromatic heterocycles. The number of hydrogen-bond acceptors (Lipinski definition) is 5. The summed E-state index contributed by atoms with van der Waals surface area (Å²) >= 11 is 0. The predicted octanol–water partition coefficient (Wildman–Crippen LogP) is 2.68. The second kappa shape index (κ2) is 5.85. The molecule has 1 N–H and O–H groups in total. The van der Waals surface area contributed by atoms with E-state index < -0.39 is 0 Å². The van der Waals surface area contributed by atoms with Crippen molar-refractivity contribution in [2.24, 2.45) is 0 Å². The molecule has 0 atom stereocenters. The molecule has 0 bridgehead atoms. The predicted molar refractivity (Wildman–Crippen MR) is 80.1 cm³/mol. The summed E-state index contributed by atoms with van der Waals surface area (Å²) < 4.78 is 20.9. The topological polar surface area (TPSA) is 66.0 Å². The Labute approximate surface area is 127 Å². The summed E-state index contributed by atoms with van der Waals surface area (Å²) in [4.78, 5) is 12.4. The minimum absolute atomic E-state index is 0.193. The highest BCUT2D eigenvalue weighted by atomic mass is 16.7. The van der Waals surface area contributed by atoms with E-state index in [0.29, 0.717) is 34.2 Å². The van der Waals surface area contributed by atoms with Crippen LogP contribution >= 0.6 is 0 Å². The maximum Gasteiger partial charge on any atom is 0.259 e. The number of amides is 1. The lowest BCUT2D eigenvalue weighted by molar-refractivity contribution is 0.102. The standard InChI is InChI=1S/C16H15NO5/c1-19-11-4-5-12(14(8-11)20-2)16(18)17-10-3-6-13-15(7-10)22-9-21-13/h3-8H,9H2,1-2H3,(H,17,18). The van der Waals surface area contributed by atoms with E-state index >= 15 is 0 Å². The number of fused-ring (bicyclic) bond motifs is 1. The second-order valence-corrected chi connectivity index (χ2v) is 4.59. The zero-order chi connectivity index (χ0) is 15.5. The van der Waals surface area contributed by atoms with Gasteiger partial charge in [0.1, 0.15) is 11.5 Å². The number of nitrogens with one attached hydrogen (secondary N) is 1. The van der Waals surface area contributed by atoms with Gasteiger partial charge in [0.2, 0.25) is 6.79 Å². The molecule has 114 valence electrons. The Balaban J connectivity index is 1.82. The molecule has 6 nitrogen and oxygen atoms in total. The summed E-state index contributed by atoms with van der Waals surface area (Å²) in [6.45, 7) is 0.193. The molecule has 6 heteroatoms. The maximum atomic E-state index is 12.4. The first-order valence-corrected chi connectivity index (χ1v) is 6.64. The van der Waals surface area contributed by atoms with E-state index in [9.17, 15) is 4.79 Å². The van der Waals surface area contributed by atoms with Gasteiger partial charge in [-0.25, -0.2) is 0 Å². The third kappa shape index (κ3) is 2.63. The number of carbonyl (C=O) groups is 1. The largest absolute Gasteiger partial charge is 0.497 e. The van der Waals surface area contributed by atoms with Gasteiger partial charge in [-0.3, -0.25) is 4.79 Å². The molecule has 1 aliphatic rings. The van der Waals surface area contributed by atoms with Crippen LogP contribution in [0.5, 0.6) is 23.0 Å². The first kappa shape index (κ1) is 14.1. The van der Waals surface area contributed by atoms with Crippen LogP contribution < -0.4 is 24.3 Å². The summed E-state index contributed by atoms with van der Waals surface area (Å²) in [7, 11) is 3.06. The fourth-order valence-electron chi connectivity index (χ4n) is 2.16. The Kier molecular flexibility index (Phi) is 3.74. The Bertz CT molecular complexity index is 714. The lowest BCUT2D eigenvalue weighted by Gasteiger charge is -2.11. The van der Waals surface area contributed by atoms with E-state index in [0.717, 1.165) is 0 Å². The highest BCUT2D eigenvalue weighted by Crippen LogP contribution is 2.34. The summed E-state index contributed by atoms with van der Waals surface area (Å²) in [5, 5.41) is 2.80. The van der Waals surface area contributed by atoms with Crippen molar-refractivity contribution in [1.82, 2.24) is 0 Å². The molecule has 0 spiro atoms. The van der Waals surface area contributed by atoms with Crippen LogP contribution in [0, 0.1) is 0 Å². The van der Waals surface area contributed by atoms with Crippen molar-refractivity contribution < 1.29 is 23.7 Å². The molecule has 0 radical (unpaired) electrons. The first-order chi connectivity index (χ1) is 10.7. The second-order valence-electron chi connectivity index (χ2n) is 4.59. The summed E-state index contributed by atoms with van der Waals surface area (Å²) in [6.07, 6.45) is 0. The van der Waals surface area contributed by atoms with Gasteiger partial charge in [-0.1, -0.05) is 0 Å². The highest BCUT2D eigenvalue weighted by Gasteiger charge is 2.17. The van der Waals surface area contributed by atoms with Crippen LogP contribution in [0.1, 0.15) is 10.4 Å². The van der Waals surface area contributed by atoms with Crippen molar-refractivity contribution >= 4 is 11.6 Å². The molecule has 1 aliphatic heterocycles. The van der Waals surface area contributed by atoms with Gasteiger partial charge < -0.3 is 24.3 Å². The normalized spacial score (nSPS) is 11.9. The Morgan fingerprint density at radius 2 is 1.86 bits per heavy atom. The average Bonchev–Trinajstić information content (AvgIpc) is 3.01. The van der Waals surface area contributed by atoms with E-state index in [1.54, 1.807) is 43.5 Å². The van der Waals surface area contributed by atoms with E-state index in [4.69, 9.17) is 18.9 Å². The molecule has 1 heterocycles. The van der Waals surface area contributed by atoms with Crippen molar-refractivity contribution in [2.75, 3.05) is 26.3 Å². The van der Waals surface area contributed by atoms with Gasteiger partial charge in [0, 0.05) is 17.8 Å². The minimum Gasteiger partial charge on any atom is -0.497 e. The zero-order valence-corrected chi connectivity index (χ0v) is 12.2. The van der Waals surface area contributed by atoms with Crippen molar-refractivity contribution in [3.63, 3.8) is 0 Å². The minimum atomic E-state index is -0.279. The number of benzene rings is 2. The van der Waals surface area contributed by atoms with Gasteiger partial charge in [-0.05, 0) is 24.3 Å². The van der Waals surface area contributed by atoms with Crippen LogP contribution in [0.25, 0.3) is 0 Å². The van der Waals surface area contributed by atoms with Gasteiger partial charge in [0.05, 0.1) is 19.8 Å². The first-order valence-electron chi connectivity index (χ1n) is 6.64. The zero-order valence-electron chi connectivity index (χ0n) is 12.2.